The molecule has 1 heterocycles. The molecule has 29 heavy (non-hydrogen) atoms. The molecule has 7 heteroatoms. The number of nitrogens with one attached hydrogen (secondary N) is 1. The molecule has 156 valence electrons. The van der Waals surface area contributed by atoms with Gasteiger partial charge in [0.15, 0.2) is 0 Å². The first-order valence-corrected chi connectivity index (χ1v) is 9.95. The molecule has 0 saturated carbocycles. The van der Waals surface area contributed by atoms with Crippen LogP contribution in [0.15, 0.2) is 41.3 Å². The van der Waals surface area contributed by atoms with E-state index in [9.17, 15) is 14.4 Å². The van der Waals surface area contributed by atoms with E-state index < -0.39 is 5.91 Å². The molecule has 1 N–H and O–H groups in total. The molecule has 2 rings (SSSR count). The number of benzene rings is 1. The van der Waals surface area contributed by atoms with E-state index in [1.165, 1.54) is 16.8 Å². The van der Waals surface area contributed by atoms with E-state index in [1.54, 1.807) is 36.2 Å². The van der Waals surface area contributed by atoms with Crippen LogP contribution in [0.3, 0.4) is 0 Å². The smallest absolute Gasteiger partial charge is 0.274 e. The van der Waals surface area contributed by atoms with Crippen molar-refractivity contribution in [3.8, 4) is 5.75 Å². The van der Waals surface area contributed by atoms with Gasteiger partial charge < -0.3 is 19.5 Å². The minimum atomic E-state index is -0.422. The monoisotopic (exact) mass is 399 g/mol. The molecular formula is C22H29N3O4. The number of pyridine rings is 1. The molecule has 2 amide bonds. The summed E-state index contributed by atoms with van der Waals surface area (Å²) in [6.07, 6.45) is 3.20. The van der Waals surface area contributed by atoms with Gasteiger partial charge in [-0.15, -0.1) is 0 Å². The summed E-state index contributed by atoms with van der Waals surface area (Å²) in [6.45, 7) is 7.73. The Morgan fingerprint density at radius 3 is 2.21 bits per heavy atom. The first-order valence-electron chi connectivity index (χ1n) is 9.95. The van der Waals surface area contributed by atoms with Gasteiger partial charge in [-0.05, 0) is 50.1 Å². The summed E-state index contributed by atoms with van der Waals surface area (Å²) in [7, 11) is 1.57. The van der Waals surface area contributed by atoms with Crippen molar-refractivity contribution < 1.29 is 14.3 Å². The summed E-state index contributed by atoms with van der Waals surface area (Å²) in [5.41, 5.74) is 0.463. The first kappa shape index (κ1) is 22.2. The second-order valence-corrected chi connectivity index (χ2v) is 6.76. The van der Waals surface area contributed by atoms with Gasteiger partial charge in [-0.25, -0.2) is 0 Å². The Labute approximate surface area is 171 Å². The van der Waals surface area contributed by atoms with E-state index in [-0.39, 0.29) is 17.2 Å². The molecule has 0 aliphatic carbocycles. The van der Waals surface area contributed by atoms with E-state index in [0.717, 1.165) is 12.8 Å². The quantitative estimate of drug-likeness (QED) is 0.702. The fourth-order valence-electron chi connectivity index (χ4n) is 3.02. The van der Waals surface area contributed by atoms with Crippen molar-refractivity contribution in [2.75, 3.05) is 25.0 Å². The molecule has 0 aliphatic heterocycles. The summed E-state index contributed by atoms with van der Waals surface area (Å²) in [6, 6.07) is 8.11. The molecule has 7 nitrogen and oxygen atoms in total. The maximum Gasteiger partial charge on any atom is 0.274 e. The lowest BCUT2D eigenvalue weighted by Gasteiger charge is -2.22. The van der Waals surface area contributed by atoms with Crippen molar-refractivity contribution in [1.29, 1.82) is 0 Å². The summed E-state index contributed by atoms with van der Waals surface area (Å²) in [4.78, 5) is 39.7. The van der Waals surface area contributed by atoms with Crippen molar-refractivity contribution in [3.05, 3.63) is 58.0 Å². The topological polar surface area (TPSA) is 80.6 Å². The highest BCUT2D eigenvalue weighted by Gasteiger charge is 2.18. The Balaban J connectivity index is 2.27. The third kappa shape index (κ3) is 5.70. The molecule has 0 radical (unpaired) electrons. The van der Waals surface area contributed by atoms with Gasteiger partial charge in [-0.2, -0.15) is 0 Å². The maximum absolute atomic E-state index is 12.9. The minimum Gasteiger partial charge on any atom is -0.494 e. The van der Waals surface area contributed by atoms with Crippen LogP contribution in [-0.4, -0.2) is 41.0 Å². The molecular weight excluding hydrogens is 370 g/mol. The lowest BCUT2D eigenvalue weighted by atomic mass is 10.2. The Hall–Kier alpha value is -3.09. The molecule has 0 unspecified atom stereocenters. The van der Waals surface area contributed by atoms with Crippen molar-refractivity contribution in [1.82, 2.24) is 9.47 Å². The van der Waals surface area contributed by atoms with E-state index in [4.69, 9.17) is 4.74 Å². The molecule has 1 aromatic heterocycles. The van der Waals surface area contributed by atoms with E-state index in [1.807, 2.05) is 20.8 Å². The number of rotatable bonds is 9. The molecule has 0 fully saturated rings. The number of aromatic nitrogens is 1. The summed E-state index contributed by atoms with van der Waals surface area (Å²) in [5, 5.41) is 2.63. The van der Waals surface area contributed by atoms with Gasteiger partial charge in [0.05, 0.1) is 12.2 Å². The van der Waals surface area contributed by atoms with Gasteiger partial charge in [0.25, 0.3) is 17.4 Å². The second-order valence-electron chi connectivity index (χ2n) is 6.76. The highest BCUT2D eigenvalue weighted by Crippen LogP contribution is 2.14. The standard InChI is InChI=1S/C22H29N3O4/c1-5-12-25(13-6-2)21(27)17-14-19(22(28)24(4)15-17)23-20(26)16-8-10-18(11-9-16)29-7-3/h8-11,14-15H,5-7,12-13H2,1-4H3,(H,23,26). The number of hydrogen-bond donors (Lipinski definition) is 1. The van der Waals surface area contributed by atoms with Crippen LogP contribution in [0.5, 0.6) is 5.75 Å². The summed E-state index contributed by atoms with van der Waals surface area (Å²) in [5.74, 6) is 0.0917. The number of amides is 2. The van der Waals surface area contributed by atoms with Crippen LogP contribution in [-0.2, 0) is 7.05 Å². The number of anilines is 1. The van der Waals surface area contributed by atoms with Crippen LogP contribution in [0.25, 0.3) is 0 Å². The Morgan fingerprint density at radius 2 is 1.66 bits per heavy atom. The number of aryl methyl sites for hydroxylation is 1. The molecule has 1 aromatic carbocycles. The van der Waals surface area contributed by atoms with Crippen LogP contribution in [0.1, 0.15) is 54.3 Å². The molecule has 0 aliphatic rings. The lowest BCUT2D eigenvalue weighted by Crippen LogP contribution is -2.34. The van der Waals surface area contributed by atoms with Crippen molar-refractivity contribution in [2.45, 2.75) is 33.6 Å². The number of carbonyl (C=O) groups is 2. The number of ether oxygens (including phenoxy) is 1. The van der Waals surface area contributed by atoms with Crippen molar-refractivity contribution in [2.24, 2.45) is 7.05 Å². The van der Waals surface area contributed by atoms with E-state index in [0.29, 0.717) is 36.6 Å². The Morgan fingerprint density at radius 1 is 1.03 bits per heavy atom. The third-order valence-corrected chi connectivity index (χ3v) is 4.38. The van der Waals surface area contributed by atoms with Crippen LogP contribution >= 0.6 is 0 Å². The van der Waals surface area contributed by atoms with Gasteiger partial charge in [-0.3, -0.25) is 14.4 Å². The largest absolute Gasteiger partial charge is 0.494 e. The Kier molecular flexibility index (Phi) is 8.00. The van der Waals surface area contributed by atoms with Gasteiger partial charge in [-0.1, -0.05) is 13.8 Å². The fraction of sp³-hybridized carbons (Fsp3) is 0.409. The van der Waals surface area contributed by atoms with Gasteiger partial charge in [0.1, 0.15) is 11.4 Å². The SMILES string of the molecule is CCCN(CCC)C(=O)c1cc(NC(=O)c2ccc(OCC)cc2)c(=O)n(C)c1. The van der Waals surface area contributed by atoms with E-state index >= 15 is 0 Å². The van der Waals surface area contributed by atoms with Crippen LogP contribution < -0.4 is 15.6 Å². The highest BCUT2D eigenvalue weighted by atomic mass is 16.5. The zero-order valence-electron chi connectivity index (χ0n) is 17.5. The van der Waals surface area contributed by atoms with E-state index in [2.05, 4.69) is 5.32 Å². The number of hydrogen-bond acceptors (Lipinski definition) is 4. The first-order chi connectivity index (χ1) is 13.9. The normalized spacial score (nSPS) is 10.5. The average Bonchev–Trinajstić information content (AvgIpc) is 2.71. The summed E-state index contributed by atoms with van der Waals surface area (Å²) < 4.78 is 6.69. The zero-order chi connectivity index (χ0) is 21.4. The lowest BCUT2D eigenvalue weighted by molar-refractivity contribution is 0.0754. The molecule has 0 spiro atoms. The summed E-state index contributed by atoms with van der Waals surface area (Å²) >= 11 is 0. The average molecular weight is 399 g/mol. The van der Waals surface area contributed by atoms with Crippen LogP contribution in [0.2, 0.25) is 0 Å². The van der Waals surface area contributed by atoms with Crippen LogP contribution in [0, 0.1) is 0 Å². The van der Waals surface area contributed by atoms with Crippen LogP contribution in [0.4, 0.5) is 5.69 Å². The number of carbonyl (C=O) groups excluding carboxylic acids is 2. The zero-order valence-corrected chi connectivity index (χ0v) is 17.5. The van der Waals surface area contributed by atoms with Crippen molar-refractivity contribution >= 4 is 17.5 Å². The Bertz CT molecular complexity index is 897. The fourth-order valence-corrected chi connectivity index (χ4v) is 3.02. The maximum atomic E-state index is 12.9. The molecule has 2 aromatic rings. The number of nitrogens with zero attached hydrogens (tertiary/aromatic N) is 2. The van der Waals surface area contributed by atoms with Gasteiger partial charge >= 0.3 is 0 Å². The molecule has 0 saturated heterocycles. The predicted molar refractivity (Wildman–Crippen MR) is 114 cm³/mol. The third-order valence-electron chi connectivity index (χ3n) is 4.38. The molecule has 0 bridgehead atoms. The minimum absolute atomic E-state index is 0.0742. The second kappa shape index (κ2) is 10.5. The highest BCUT2D eigenvalue weighted by molar-refractivity contribution is 6.05. The van der Waals surface area contributed by atoms with Crippen molar-refractivity contribution in [3.63, 3.8) is 0 Å². The van der Waals surface area contributed by atoms with Gasteiger partial charge in [0, 0.05) is 31.9 Å². The molecule has 0 atom stereocenters. The predicted octanol–water partition coefficient (Wildman–Crippen LogP) is 3.30. The van der Waals surface area contributed by atoms with Gasteiger partial charge in [0.2, 0.25) is 0 Å².